The van der Waals surface area contributed by atoms with Gasteiger partial charge in [0.25, 0.3) is 0 Å². The van der Waals surface area contributed by atoms with E-state index in [-0.39, 0.29) is 5.79 Å². The van der Waals surface area contributed by atoms with Crippen molar-refractivity contribution in [2.75, 3.05) is 0 Å². The molecule has 2 heteroatoms. The molecule has 3 unspecified atom stereocenters. The van der Waals surface area contributed by atoms with Crippen LogP contribution in [0, 0.1) is 5.92 Å². The topological polar surface area (TPSA) is 18.5 Å². The van der Waals surface area contributed by atoms with E-state index >= 15 is 0 Å². The van der Waals surface area contributed by atoms with Gasteiger partial charge in [0, 0.05) is 12.8 Å². The molecule has 1 saturated heterocycles. The second kappa shape index (κ2) is 3.21. The van der Waals surface area contributed by atoms with Crippen LogP contribution in [-0.2, 0) is 9.47 Å². The molecule has 3 aliphatic rings. The van der Waals surface area contributed by atoms with Gasteiger partial charge in [0.15, 0.2) is 5.79 Å². The highest BCUT2D eigenvalue weighted by Gasteiger charge is 2.50. The summed E-state index contributed by atoms with van der Waals surface area (Å²) in [6, 6.07) is 0. The van der Waals surface area contributed by atoms with E-state index in [2.05, 4.69) is 6.92 Å². The predicted octanol–water partition coefficient (Wildman–Crippen LogP) is 2.86. The lowest BCUT2D eigenvalue weighted by molar-refractivity contribution is -0.168. The Morgan fingerprint density at radius 1 is 1.00 bits per heavy atom. The van der Waals surface area contributed by atoms with Crippen LogP contribution in [0.2, 0.25) is 0 Å². The fraction of sp³-hybridized carbons (Fsp3) is 1.00. The molecule has 2 nitrogen and oxygen atoms in total. The number of fused-ring (bicyclic) bond motifs is 1. The Morgan fingerprint density at radius 2 is 1.71 bits per heavy atom. The first-order valence-corrected chi connectivity index (χ1v) is 6.13. The minimum atomic E-state index is -0.139. The lowest BCUT2D eigenvalue weighted by Crippen LogP contribution is -2.29. The largest absolute Gasteiger partial charge is 0.344 e. The molecule has 0 radical (unpaired) electrons. The summed E-state index contributed by atoms with van der Waals surface area (Å²) in [4.78, 5) is 0. The average Bonchev–Trinajstić information content (AvgIpc) is 2.72. The van der Waals surface area contributed by atoms with Gasteiger partial charge in [-0.25, -0.2) is 0 Å². The molecule has 2 saturated carbocycles. The normalized spacial score (nSPS) is 45.6. The summed E-state index contributed by atoms with van der Waals surface area (Å²) in [6.07, 6.45) is 9.43. The quantitative estimate of drug-likeness (QED) is 0.593. The third-order valence-corrected chi connectivity index (χ3v) is 4.09. The molecule has 3 atom stereocenters. The van der Waals surface area contributed by atoms with Crippen molar-refractivity contribution in [3.63, 3.8) is 0 Å². The van der Waals surface area contributed by atoms with Crippen molar-refractivity contribution in [3.8, 4) is 0 Å². The van der Waals surface area contributed by atoms with E-state index in [9.17, 15) is 0 Å². The van der Waals surface area contributed by atoms with Crippen LogP contribution in [-0.4, -0.2) is 18.0 Å². The molecule has 0 amide bonds. The fourth-order valence-electron chi connectivity index (χ4n) is 3.29. The van der Waals surface area contributed by atoms with Crippen LogP contribution < -0.4 is 0 Å². The van der Waals surface area contributed by atoms with E-state index in [1.54, 1.807) is 0 Å². The van der Waals surface area contributed by atoms with E-state index in [0.717, 1.165) is 18.8 Å². The first-order valence-electron chi connectivity index (χ1n) is 6.13. The molecule has 0 aromatic heterocycles. The van der Waals surface area contributed by atoms with Crippen LogP contribution >= 0.6 is 0 Å². The maximum Gasteiger partial charge on any atom is 0.169 e. The SMILES string of the molecule is CC1CCC2OC3(CCCC3)OC2C1. The van der Waals surface area contributed by atoms with Gasteiger partial charge in [0.1, 0.15) is 0 Å². The zero-order chi connectivity index (χ0) is 9.60. The third-order valence-electron chi connectivity index (χ3n) is 4.09. The van der Waals surface area contributed by atoms with Gasteiger partial charge in [-0.3, -0.25) is 0 Å². The van der Waals surface area contributed by atoms with E-state index in [1.165, 1.54) is 32.1 Å². The zero-order valence-electron chi connectivity index (χ0n) is 9.00. The summed E-state index contributed by atoms with van der Waals surface area (Å²) in [6.45, 7) is 2.33. The second-order valence-electron chi connectivity index (χ2n) is 5.35. The Bertz CT molecular complexity index is 220. The minimum absolute atomic E-state index is 0.139. The van der Waals surface area contributed by atoms with E-state index in [0.29, 0.717) is 12.2 Å². The highest BCUT2D eigenvalue weighted by atomic mass is 16.8. The predicted molar refractivity (Wildman–Crippen MR) is 54.0 cm³/mol. The average molecular weight is 196 g/mol. The van der Waals surface area contributed by atoms with Crippen LogP contribution in [0.3, 0.4) is 0 Å². The summed E-state index contributed by atoms with van der Waals surface area (Å²) >= 11 is 0. The van der Waals surface area contributed by atoms with Gasteiger partial charge in [-0.15, -0.1) is 0 Å². The van der Waals surface area contributed by atoms with Crippen molar-refractivity contribution in [1.29, 1.82) is 0 Å². The van der Waals surface area contributed by atoms with E-state index in [1.807, 2.05) is 0 Å². The van der Waals surface area contributed by atoms with Crippen molar-refractivity contribution in [2.45, 2.75) is 69.9 Å². The molecule has 1 heterocycles. The van der Waals surface area contributed by atoms with Crippen molar-refractivity contribution >= 4 is 0 Å². The monoisotopic (exact) mass is 196 g/mol. The Morgan fingerprint density at radius 3 is 2.50 bits per heavy atom. The van der Waals surface area contributed by atoms with E-state index in [4.69, 9.17) is 9.47 Å². The Hall–Kier alpha value is -0.0800. The standard InChI is InChI=1S/C12H20O2/c1-9-4-5-10-11(8-9)14-12(13-10)6-2-3-7-12/h9-11H,2-8H2,1H3. The lowest BCUT2D eigenvalue weighted by Gasteiger charge is -2.26. The van der Waals surface area contributed by atoms with Gasteiger partial charge in [0.2, 0.25) is 0 Å². The fourth-order valence-corrected chi connectivity index (χ4v) is 3.29. The van der Waals surface area contributed by atoms with Crippen LogP contribution in [0.15, 0.2) is 0 Å². The molecular formula is C12H20O2. The highest BCUT2D eigenvalue weighted by Crippen LogP contribution is 2.46. The first-order chi connectivity index (χ1) is 6.77. The molecule has 0 bridgehead atoms. The molecule has 1 spiro atoms. The van der Waals surface area contributed by atoms with Crippen molar-refractivity contribution in [3.05, 3.63) is 0 Å². The molecule has 2 aliphatic carbocycles. The molecular weight excluding hydrogens is 176 g/mol. The second-order valence-corrected chi connectivity index (χ2v) is 5.35. The first kappa shape index (κ1) is 9.17. The number of rotatable bonds is 0. The van der Waals surface area contributed by atoms with Gasteiger partial charge in [0.05, 0.1) is 12.2 Å². The molecule has 0 aromatic rings. The molecule has 80 valence electrons. The maximum absolute atomic E-state index is 6.16. The summed E-state index contributed by atoms with van der Waals surface area (Å²) in [5.74, 6) is 0.691. The Labute approximate surface area is 86.0 Å². The zero-order valence-corrected chi connectivity index (χ0v) is 9.00. The minimum Gasteiger partial charge on any atom is -0.344 e. The van der Waals surface area contributed by atoms with Crippen molar-refractivity contribution in [2.24, 2.45) is 5.92 Å². The molecule has 14 heavy (non-hydrogen) atoms. The smallest absolute Gasteiger partial charge is 0.169 e. The number of hydrogen-bond donors (Lipinski definition) is 0. The highest BCUT2D eigenvalue weighted by molar-refractivity contribution is 4.92. The summed E-state index contributed by atoms with van der Waals surface area (Å²) in [5.41, 5.74) is 0. The summed E-state index contributed by atoms with van der Waals surface area (Å²) < 4.78 is 12.3. The third kappa shape index (κ3) is 1.40. The molecule has 3 fully saturated rings. The van der Waals surface area contributed by atoms with Crippen LogP contribution in [0.5, 0.6) is 0 Å². The van der Waals surface area contributed by atoms with Crippen molar-refractivity contribution in [1.82, 2.24) is 0 Å². The Balaban J connectivity index is 1.72. The van der Waals surface area contributed by atoms with Crippen molar-refractivity contribution < 1.29 is 9.47 Å². The van der Waals surface area contributed by atoms with Crippen LogP contribution in [0.1, 0.15) is 51.9 Å². The summed E-state index contributed by atoms with van der Waals surface area (Å²) in [5, 5.41) is 0. The van der Waals surface area contributed by atoms with Gasteiger partial charge >= 0.3 is 0 Å². The molecule has 3 rings (SSSR count). The molecule has 1 aliphatic heterocycles. The number of hydrogen-bond acceptors (Lipinski definition) is 2. The maximum atomic E-state index is 6.16. The number of ether oxygens (including phenoxy) is 2. The van der Waals surface area contributed by atoms with Gasteiger partial charge in [-0.05, 0) is 38.0 Å². The van der Waals surface area contributed by atoms with Gasteiger partial charge in [-0.2, -0.15) is 0 Å². The lowest BCUT2D eigenvalue weighted by atomic mass is 9.87. The van der Waals surface area contributed by atoms with Crippen LogP contribution in [0.25, 0.3) is 0 Å². The summed E-state index contributed by atoms with van der Waals surface area (Å²) in [7, 11) is 0. The molecule has 0 aromatic carbocycles. The molecule has 0 N–H and O–H groups in total. The van der Waals surface area contributed by atoms with Gasteiger partial charge in [-0.1, -0.05) is 6.92 Å². The van der Waals surface area contributed by atoms with E-state index < -0.39 is 0 Å². The van der Waals surface area contributed by atoms with Gasteiger partial charge < -0.3 is 9.47 Å². The Kier molecular flexibility index (Phi) is 2.10. The van der Waals surface area contributed by atoms with Crippen LogP contribution in [0.4, 0.5) is 0 Å².